The van der Waals surface area contributed by atoms with Gasteiger partial charge in [-0.25, -0.2) is 0 Å². The minimum atomic E-state index is -0.411. The summed E-state index contributed by atoms with van der Waals surface area (Å²) in [5.41, 5.74) is 0.812. The molecule has 30 heavy (non-hydrogen) atoms. The van der Waals surface area contributed by atoms with Gasteiger partial charge in [0.2, 0.25) is 0 Å². The number of hydrogen-bond acceptors (Lipinski definition) is 6. The van der Waals surface area contributed by atoms with Crippen LogP contribution in [0.3, 0.4) is 0 Å². The van der Waals surface area contributed by atoms with Gasteiger partial charge in [-0.05, 0) is 37.1 Å². The number of fused-ring (bicyclic) bond motifs is 1. The number of para-hydroxylation sites is 2. The van der Waals surface area contributed by atoms with Crippen molar-refractivity contribution in [3.05, 3.63) is 58.1 Å². The van der Waals surface area contributed by atoms with Crippen molar-refractivity contribution in [2.75, 3.05) is 31.1 Å². The zero-order valence-electron chi connectivity index (χ0n) is 16.7. The quantitative estimate of drug-likeness (QED) is 0.597. The molecular formula is C22H25N3O5. The number of anilines is 1. The molecule has 0 spiro atoms. The Morgan fingerprint density at radius 3 is 2.57 bits per heavy atom. The fourth-order valence-electron chi connectivity index (χ4n) is 3.86. The Hall–Kier alpha value is -3.29. The summed E-state index contributed by atoms with van der Waals surface area (Å²) in [7, 11) is 0. The zero-order chi connectivity index (χ0) is 20.9. The number of nitro groups is 1. The lowest BCUT2D eigenvalue weighted by atomic mass is 10.1. The van der Waals surface area contributed by atoms with Crippen molar-refractivity contribution in [2.24, 2.45) is 0 Å². The van der Waals surface area contributed by atoms with Gasteiger partial charge in [-0.15, -0.1) is 0 Å². The molecule has 1 fully saturated rings. The third kappa shape index (κ3) is 4.48. The van der Waals surface area contributed by atoms with Crippen molar-refractivity contribution in [3.63, 3.8) is 0 Å². The van der Waals surface area contributed by atoms with Crippen molar-refractivity contribution in [2.45, 2.75) is 31.8 Å². The number of nitrogens with one attached hydrogen (secondary N) is 1. The molecule has 2 heterocycles. The summed E-state index contributed by atoms with van der Waals surface area (Å²) in [5, 5.41) is 14.5. The molecule has 1 amide bonds. The summed E-state index contributed by atoms with van der Waals surface area (Å²) in [6, 6.07) is 12.1. The maximum Gasteiger partial charge on any atom is 0.293 e. The molecule has 4 rings (SSSR count). The molecule has 2 aliphatic rings. The van der Waals surface area contributed by atoms with Gasteiger partial charge in [0.1, 0.15) is 18.4 Å². The summed E-state index contributed by atoms with van der Waals surface area (Å²) in [4.78, 5) is 25.9. The summed E-state index contributed by atoms with van der Waals surface area (Å²) in [6.45, 7) is 2.17. The lowest BCUT2D eigenvalue weighted by molar-refractivity contribution is -0.384. The average molecular weight is 411 g/mol. The zero-order valence-corrected chi connectivity index (χ0v) is 16.7. The van der Waals surface area contributed by atoms with Crippen LogP contribution < -0.4 is 19.7 Å². The number of benzene rings is 2. The highest BCUT2D eigenvalue weighted by atomic mass is 16.6. The van der Waals surface area contributed by atoms with Crippen LogP contribution in [0, 0.1) is 10.1 Å². The average Bonchev–Trinajstić information content (AvgIpc) is 3.06. The van der Waals surface area contributed by atoms with Gasteiger partial charge in [-0.1, -0.05) is 25.0 Å². The predicted octanol–water partition coefficient (Wildman–Crippen LogP) is 3.55. The molecular weight excluding hydrogens is 386 g/mol. The van der Waals surface area contributed by atoms with E-state index in [4.69, 9.17) is 9.47 Å². The van der Waals surface area contributed by atoms with E-state index in [1.807, 2.05) is 24.3 Å². The standard InChI is InChI=1S/C22H25N3O5/c26-22(23-14-17-15-29-20-7-3-4-8-21(20)30-17)16-9-10-18(19(13-16)25(27)28)24-11-5-1-2-6-12-24/h3-4,7-10,13,17H,1-2,5-6,11-12,14-15H2,(H,23,26)/t17-/m0/s1. The highest BCUT2D eigenvalue weighted by Crippen LogP contribution is 2.32. The van der Waals surface area contributed by atoms with E-state index in [0.717, 1.165) is 38.8 Å². The number of amides is 1. The Morgan fingerprint density at radius 1 is 1.10 bits per heavy atom. The van der Waals surface area contributed by atoms with Crippen LogP contribution in [0.15, 0.2) is 42.5 Å². The fourth-order valence-corrected chi connectivity index (χ4v) is 3.86. The topological polar surface area (TPSA) is 93.9 Å². The lowest BCUT2D eigenvalue weighted by Crippen LogP contribution is -2.40. The predicted molar refractivity (Wildman–Crippen MR) is 112 cm³/mol. The Bertz CT molecular complexity index is 925. The molecule has 0 radical (unpaired) electrons. The summed E-state index contributed by atoms with van der Waals surface area (Å²) < 4.78 is 11.5. The van der Waals surface area contributed by atoms with Gasteiger partial charge in [0.15, 0.2) is 11.5 Å². The van der Waals surface area contributed by atoms with E-state index in [2.05, 4.69) is 10.2 Å². The van der Waals surface area contributed by atoms with Crippen LogP contribution in [-0.2, 0) is 0 Å². The number of rotatable bonds is 5. The second-order valence-corrected chi connectivity index (χ2v) is 7.57. The van der Waals surface area contributed by atoms with E-state index >= 15 is 0 Å². The Morgan fingerprint density at radius 2 is 1.83 bits per heavy atom. The van der Waals surface area contributed by atoms with Crippen molar-refractivity contribution < 1.29 is 19.2 Å². The van der Waals surface area contributed by atoms with Crippen molar-refractivity contribution in [1.82, 2.24) is 5.32 Å². The second kappa shape index (κ2) is 9.02. The molecule has 1 N–H and O–H groups in total. The molecule has 0 bridgehead atoms. The number of carbonyl (C=O) groups excluding carboxylic acids is 1. The first kappa shape index (κ1) is 20.0. The van der Waals surface area contributed by atoms with E-state index in [1.54, 1.807) is 12.1 Å². The first-order chi connectivity index (χ1) is 14.6. The molecule has 1 atom stereocenters. The first-order valence-electron chi connectivity index (χ1n) is 10.3. The largest absolute Gasteiger partial charge is 0.486 e. The Balaban J connectivity index is 1.42. The highest BCUT2D eigenvalue weighted by molar-refractivity contribution is 5.95. The molecule has 158 valence electrons. The van der Waals surface area contributed by atoms with Crippen LogP contribution in [-0.4, -0.2) is 43.2 Å². The van der Waals surface area contributed by atoms with Gasteiger partial charge in [-0.2, -0.15) is 0 Å². The van der Waals surface area contributed by atoms with Crippen LogP contribution >= 0.6 is 0 Å². The van der Waals surface area contributed by atoms with Crippen LogP contribution in [0.5, 0.6) is 11.5 Å². The van der Waals surface area contributed by atoms with E-state index in [0.29, 0.717) is 23.8 Å². The van der Waals surface area contributed by atoms with Gasteiger partial charge in [-0.3, -0.25) is 14.9 Å². The van der Waals surface area contributed by atoms with Crippen molar-refractivity contribution in [1.29, 1.82) is 0 Å². The van der Waals surface area contributed by atoms with Gasteiger partial charge < -0.3 is 19.7 Å². The molecule has 2 aliphatic heterocycles. The van der Waals surface area contributed by atoms with E-state index in [1.165, 1.54) is 6.07 Å². The Kier molecular flexibility index (Phi) is 6.02. The first-order valence-corrected chi connectivity index (χ1v) is 10.3. The maximum absolute atomic E-state index is 12.6. The smallest absolute Gasteiger partial charge is 0.293 e. The summed E-state index contributed by atoms with van der Waals surface area (Å²) >= 11 is 0. The molecule has 2 aromatic rings. The van der Waals surface area contributed by atoms with Gasteiger partial charge in [0, 0.05) is 24.7 Å². The SMILES string of the molecule is O=C(NC[C@H]1COc2ccccc2O1)c1ccc(N2CCCCCC2)c([N+](=O)[O-])c1. The van der Waals surface area contributed by atoms with Gasteiger partial charge >= 0.3 is 0 Å². The van der Waals surface area contributed by atoms with Crippen molar-refractivity contribution >= 4 is 17.3 Å². The number of nitrogens with zero attached hydrogens (tertiary/aromatic N) is 2. The molecule has 2 aromatic carbocycles. The minimum absolute atomic E-state index is 0.0317. The number of ether oxygens (including phenoxy) is 2. The van der Waals surface area contributed by atoms with Crippen molar-refractivity contribution in [3.8, 4) is 11.5 Å². The molecule has 0 aromatic heterocycles. The monoisotopic (exact) mass is 411 g/mol. The molecule has 0 unspecified atom stereocenters. The fraction of sp³-hybridized carbons (Fsp3) is 0.409. The number of hydrogen-bond donors (Lipinski definition) is 1. The van der Waals surface area contributed by atoms with Crippen LogP contribution in [0.2, 0.25) is 0 Å². The molecule has 1 saturated heterocycles. The van der Waals surface area contributed by atoms with E-state index in [9.17, 15) is 14.9 Å². The van der Waals surface area contributed by atoms with Crippen LogP contribution in [0.1, 0.15) is 36.0 Å². The minimum Gasteiger partial charge on any atom is -0.486 e. The molecule has 0 aliphatic carbocycles. The summed E-state index contributed by atoms with van der Waals surface area (Å²) in [5.74, 6) is 0.947. The molecule has 0 saturated carbocycles. The van der Waals surface area contributed by atoms with E-state index < -0.39 is 4.92 Å². The molecule has 8 nitrogen and oxygen atoms in total. The van der Waals surface area contributed by atoms with E-state index in [-0.39, 0.29) is 29.8 Å². The Labute approximate surface area is 174 Å². The number of carbonyl (C=O) groups is 1. The number of nitro benzene ring substituents is 1. The highest BCUT2D eigenvalue weighted by Gasteiger charge is 2.24. The summed E-state index contributed by atoms with van der Waals surface area (Å²) in [6.07, 6.45) is 4.00. The third-order valence-corrected chi connectivity index (χ3v) is 5.44. The second-order valence-electron chi connectivity index (χ2n) is 7.57. The van der Waals surface area contributed by atoms with Gasteiger partial charge in [0.25, 0.3) is 11.6 Å². The maximum atomic E-state index is 12.6. The van der Waals surface area contributed by atoms with Crippen LogP contribution in [0.25, 0.3) is 0 Å². The third-order valence-electron chi connectivity index (χ3n) is 5.44. The molecule has 8 heteroatoms. The van der Waals surface area contributed by atoms with Gasteiger partial charge in [0.05, 0.1) is 11.5 Å². The lowest BCUT2D eigenvalue weighted by Gasteiger charge is -2.26. The normalized spacial score (nSPS) is 18.4. The van der Waals surface area contributed by atoms with Crippen LogP contribution in [0.4, 0.5) is 11.4 Å².